The Morgan fingerprint density at radius 3 is 2.84 bits per heavy atom. The second-order valence-corrected chi connectivity index (χ2v) is 6.67. The Morgan fingerprint density at radius 1 is 1.53 bits per heavy atom. The van der Waals surface area contributed by atoms with Gasteiger partial charge in [-0.3, -0.25) is 4.79 Å². The van der Waals surface area contributed by atoms with Gasteiger partial charge in [-0.2, -0.15) is 0 Å². The first-order chi connectivity index (χ1) is 9.04. The van der Waals surface area contributed by atoms with E-state index in [9.17, 15) is 14.7 Å². The smallest absolute Gasteiger partial charge is 0.326 e. The summed E-state index contributed by atoms with van der Waals surface area (Å²) in [6, 6.07) is 0.929. The Bertz CT molecular complexity index is 502. The molecule has 0 saturated carbocycles. The van der Waals surface area contributed by atoms with Gasteiger partial charge < -0.3 is 14.7 Å². The number of amides is 1. The van der Waals surface area contributed by atoms with Crippen LogP contribution in [-0.2, 0) is 4.79 Å². The first-order valence-electron chi connectivity index (χ1n) is 5.91. The Kier molecular flexibility index (Phi) is 4.46. The van der Waals surface area contributed by atoms with Crippen LogP contribution in [0, 0.1) is 0 Å². The summed E-state index contributed by atoms with van der Waals surface area (Å²) in [6.07, 6.45) is 2.21. The van der Waals surface area contributed by atoms with Crippen molar-refractivity contribution in [2.24, 2.45) is 0 Å². The first-order valence-corrected chi connectivity index (χ1v) is 7.52. The van der Waals surface area contributed by atoms with Crippen LogP contribution in [-0.4, -0.2) is 41.6 Å². The number of ether oxygens (including phenoxy) is 1. The molecule has 1 aliphatic heterocycles. The van der Waals surface area contributed by atoms with Crippen molar-refractivity contribution >= 4 is 39.1 Å². The van der Waals surface area contributed by atoms with Gasteiger partial charge in [0.1, 0.15) is 15.6 Å². The lowest BCUT2D eigenvalue weighted by Gasteiger charge is -2.32. The van der Waals surface area contributed by atoms with E-state index in [1.807, 2.05) is 0 Å². The average molecular weight is 348 g/mol. The van der Waals surface area contributed by atoms with E-state index in [4.69, 9.17) is 4.74 Å². The number of nitrogens with zero attached hydrogens (tertiary/aromatic N) is 1. The number of rotatable bonds is 3. The normalized spacial score (nSPS) is 19.3. The molecule has 1 N–H and O–H groups in total. The van der Waals surface area contributed by atoms with Crippen LogP contribution in [0.25, 0.3) is 0 Å². The molecule has 1 amide bonds. The minimum atomic E-state index is -0.935. The van der Waals surface area contributed by atoms with Gasteiger partial charge in [0.15, 0.2) is 0 Å². The summed E-state index contributed by atoms with van der Waals surface area (Å²) in [4.78, 5) is 25.5. The van der Waals surface area contributed by atoms with E-state index in [-0.39, 0.29) is 5.91 Å². The van der Waals surface area contributed by atoms with E-state index in [0.717, 1.165) is 16.6 Å². The van der Waals surface area contributed by atoms with Crippen molar-refractivity contribution in [1.29, 1.82) is 0 Å². The van der Waals surface area contributed by atoms with Gasteiger partial charge >= 0.3 is 5.97 Å². The first kappa shape index (κ1) is 14.3. The third kappa shape index (κ3) is 2.92. The zero-order chi connectivity index (χ0) is 14.0. The minimum absolute atomic E-state index is 0.235. The largest absolute Gasteiger partial charge is 0.495 e. The van der Waals surface area contributed by atoms with Gasteiger partial charge in [-0.15, -0.1) is 11.3 Å². The van der Waals surface area contributed by atoms with Crippen LogP contribution in [0.15, 0.2) is 9.85 Å². The van der Waals surface area contributed by atoms with Crippen molar-refractivity contribution in [3.05, 3.63) is 14.7 Å². The molecule has 104 valence electrons. The molecular weight excluding hydrogens is 334 g/mol. The Morgan fingerprint density at radius 2 is 2.26 bits per heavy atom. The fourth-order valence-corrected chi connectivity index (χ4v) is 3.78. The quantitative estimate of drug-likeness (QED) is 0.912. The Labute approximate surface area is 123 Å². The van der Waals surface area contributed by atoms with Crippen LogP contribution < -0.4 is 4.74 Å². The topological polar surface area (TPSA) is 66.8 Å². The fourth-order valence-electron chi connectivity index (χ4n) is 2.17. The summed E-state index contributed by atoms with van der Waals surface area (Å²) in [7, 11) is 1.53. The standard InChI is InChI=1S/C12H14BrNO4S/c1-18-8-6-9(19-10(8)13)11(15)14-5-3-2-4-7(14)12(16)17/h6-7H,2-5H2,1H3,(H,16,17)/t7-/m1/s1. The maximum Gasteiger partial charge on any atom is 0.326 e. The maximum absolute atomic E-state index is 12.4. The van der Waals surface area contributed by atoms with Gasteiger partial charge in [0.25, 0.3) is 5.91 Å². The third-order valence-corrected chi connectivity index (χ3v) is 4.90. The van der Waals surface area contributed by atoms with Crippen LogP contribution in [0.2, 0.25) is 0 Å². The molecule has 2 heterocycles. The number of carboxylic acids is 1. The van der Waals surface area contributed by atoms with E-state index in [1.54, 1.807) is 6.07 Å². The number of halogens is 1. The van der Waals surface area contributed by atoms with E-state index >= 15 is 0 Å². The number of likely N-dealkylation sites (tertiary alicyclic amines) is 1. The molecule has 19 heavy (non-hydrogen) atoms. The molecule has 1 aromatic heterocycles. The summed E-state index contributed by atoms with van der Waals surface area (Å²) in [5.74, 6) is -0.575. The predicted octanol–water partition coefficient (Wildman–Crippen LogP) is 2.60. The number of piperidine rings is 1. The van der Waals surface area contributed by atoms with E-state index in [1.165, 1.54) is 23.3 Å². The lowest BCUT2D eigenvalue weighted by Crippen LogP contribution is -2.47. The second-order valence-electron chi connectivity index (χ2n) is 4.30. The number of thiophene rings is 1. The number of methoxy groups -OCH3 is 1. The van der Waals surface area contributed by atoms with Crippen LogP contribution in [0.1, 0.15) is 28.9 Å². The molecule has 5 nitrogen and oxygen atoms in total. The third-order valence-electron chi connectivity index (χ3n) is 3.13. The van der Waals surface area contributed by atoms with Crippen LogP contribution >= 0.6 is 27.3 Å². The summed E-state index contributed by atoms with van der Waals surface area (Å²) >= 11 is 4.58. The number of carboxylic acid groups (broad SMARTS) is 1. The highest BCUT2D eigenvalue weighted by molar-refractivity contribution is 9.11. The number of hydrogen-bond donors (Lipinski definition) is 1. The summed E-state index contributed by atoms with van der Waals surface area (Å²) in [6.45, 7) is 0.494. The summed E-state index contributed by atoms with van der Waals surface area (Å²) < 4.78 is 5.85. The monoisotopic (exact) mass is 347 g/mol. The highest BCUT2D eigenvalue weighted by atomic mass is 79.9. The van der Waals surface area contributed by atoms with Gasteiger partial charge in [0.2, 0.25) is 0 Å². The molecule has 0 unspecified atom stereocenters. The molecule has 0 aromatic carbocycles. The summed E-state index contributed by atoms with van der Waals surface area (Å²) in [5, 5.41) is 9.19. The van der Waals surface area contributed by atoms with Crippen LogP contribution in [0.3, 0.4) is 0 Å². The number of carbonyl (C=O) groups is 2. The Balaban J connectivity index is 2.23. The lowest BCUT2D eigenvalue weighted by molar-refractivity contribution is -0.143. The average Bonchev–Trinajstić information content (AvgIpc) is 2.79. The van der Waals surface area contributed by atoms with Crippen molar-refractivity contribution in [2.45, 2.75) is 25.3 Å². The molecule has 7 heteroatoms. The second kappa shape index (κ2) is 5.92. The molecule has 1 fully saturated rings. The van der Waals surface area contributed by atoms with Crippen molar-refractivity contribution < 1.29 is 19.4 Å². The van der Waals surface area contributed by atoms with E-state index in [0.29, 0.717) is 23.6 Å². The highest BCUT2D eigenvalue weighted by Crippen LogP contribution is 2.35. The summed E-state index contributed by atoms with van der Waals surface area (Å²) in [5.41, 5.74) is 0. The van der Waals surface area contributed by atoms with Gasteiger partial charge in [-0.05, 0) is 35.2 Å². The van der Waals surface area contributed by atoms with Crippen molar-refractivity contribution in [3.8, 4) is 5.75 Å². The molecule has 0 radical (unpaired) electrons. The van der Waals surface area contributed by atoms with Crippen LogP contribution in [0.5, 0.6) is 5.75 Å². The predicted molar refractivity (Wildman–Crippen MR) is 74.9 cm³/mol. The van der Waals surface area contributed by atoms with Crippen molar-refractivity contribution in [1.82, 2.24) is 4.90 Å². The van der Waals surface area contributed by atoms with Gasteiger partial charge in [-0.25, -0.2) is 4.79 Å². The maximum atomic E-state index is 12.4. The Hall–Kier alpha value is -1.08. The molecular formula is C12H14BrNO4S. The van der Waals surface area contributed by atoms with Crippen molar-refractivity contribution in [3.63, 3.8) is 0 Å². The van der Waals surface area contributed by atoms with E-state index in [2.05, 4.69) is 15.9 Å². The zero-order valence-corrected chi connectivity index (χ0v) is 12.8. The molecule has 1 aliphatic rings. The minimum Gasteiger partial charge on any atom is -0.495 e. The van der Waals surface area contributed by atoms with Crippen LogP contribution in [0.4, 0.5) is 0 Å². The van der Waals surface area contributed by atoms with Gasteiger partial charge in [0, 0.05) is 12.6 Å². The molecule has 1 saturated heterocycles. The fraction of sp³-hybridized carbons (Fsp3) is 0.500. The molecule has 0 spiro atoms. The SMILES string of the molecule is COc1cc(C(=O)N2CCCC[C@@H]2C(=O)O)sc1Br. The van der Waals surface area contributed by atoms with E-state index < -0.39 is 12.0 Å². The molecule has 1 atom stereocenters. The molecule has 0 aliphatic carbocycles. The number of aliphatic carboxylic acids is 1. The van der Waals surface area contributed by atoms with Gasteiger partial charge in [-0.1, -0.05) is 0 Å². The molecule has 2 rings (SSSR count). The van der Waals surface area contributed by atoms with Gasteiger partial charge in [0.05, 0.1) is 12.0 Å². The molecule has 1 aromatic rings. The lowest BCUT2D eigenvalue weighted by atomic mass is 10.0. The zero-order valence-electron chi connectivity index (χ0n) is 10.4. The van der Waals surface area contributed by atoms with Crippen molar-refractivity contribution in [2.75, 3.05) is 13.7 Å². The molecule has 0 bridgehead atoms. The number of carbonyl (C=O) groups excluding carboxylic acids is 1. The highest BCUT2D eigenvalue weighted by Gasteiger charge is 2.33. The number of hydrogen-bond acceptors (Lipinski definition) is 4.